The van der Waals surface area contributed by atoms with E-state index in [0.717, 1.165) is 31.6 Å². The molecule has 0 nitrogen and oxygen atoms in total. The highest BCUT2D eigenvalue weighted by atomic mass is 19.5. The molecular formula is C82H152F36. The van der Waals surface area contributed by atoms with Crippen LogP contribution in [0.2, 0.25) is 0 Å². The van der Waals surface area contributed by atoms with Crippen molar-refractivity contribution >= 4 is 0 Å². The van der Waals surface area contributed by atoms with Gasteiger partial charge in [0.25, 0.3) is 0 Å². The largest absolute Gasteiger partial charge is 0.400 e. The Hall–Kier alpha value is -2.52. The SMILES string of the molecule is CC(C)C(C)(C)C(F)(F)F.CC(C)CC(C(F)(F)F)C(F)(F)F.CCC(C)(C)C.CCC(C)(C)CC(F)(F)F.CCC(C)CC.CCC(CC)CC(F)(F)F.CCCC(C)(C)C(F)(F)F.CCCC(C)CC(F)(F)F.CCCCC(C(F)(F)F)C(F)(F)F.CCCCC(C)C(F)(F)F.CCCCCCC(F)(F)F.CC[C@H](C)C(C)C(F)(F)F. The topological polar surface area (TPSA) is 0 Å². The number of unbranched alkanes of at least 4 members (excludes halogenated alkanes) is 5. The van der Waals surface area contributed by atoms with Crippen LogP contribution in [-0.4, -0.2) is 74.1 Å². The Kier molecular flexibility index (Phi) is 79.0. The zero-order valence-corrected chi connectivity index (χ0v) is 75.8. The van der Waals surface area contributed by atoms with E-state index in [2.05, 4.69) is 48.5 Å². The van der Waals surface area contributed by atoms with Crippen molar-refractivity contribution in [3.05, 3.63) is 0 Å². The van der Waals surface area contributed by atoms with Gasteiger partial charge < -0.3 is 0 Å². The average molecular weight is 1820 g/mol. The van der Waals surface area contributed by atoms with Crippen molar-refractivity contribution in [1.82, 2.24) is 0 Å². The van der Waals surface area contributed by atoms with Gasteiger partial charge in [0.05, 0.1) is 22.7 Å². The molecule has 0 saturated carbocycles. The second kappa shape index (κ2) is 66.0. The van der Waals surface area contributed by atoms with E-state index < -0.39 is 158 Å². The van der Waals surface area contributed by atoms with Gasteiger partial charge in [0.2, 0.25) is 0 Å². The van der Waals surface area contributed by atoms with E-state index in [9.17, 15) is 158 Å². The molecule has 118 heavy (non-hydrogen) atoms. The third kappa shape index (κ3) is 101. The van der Waals surface area contributed by atoms with Crippen molar-refractivity contribution < 1.29 is 158 Å². The number of hydrogen-bond acceptors (Lipinski definition) is 0. The van der Waals surface area contributed by atoms with Crippen molar-refractivity contribution in [2.24, 2.45) is 80.8 Å². The molecule has 0 aliphatic heterocycles. The van der Waals surface area contributed by atoms with E-state index in [4.69, 9.17) is 0 Å². The molecule has 36 heteroatoms. The van der Waals surface area contributed by atoms with Crippen molar-refractivity contribution in [2.45, 2.75) is 449 Å². The smallest absolute Gasteiger partial charge is 0.171 e. The van der Waals surface area contributed by atoms with Crippen LogP contribution in [0.4, 0.5) is 158 Å². The predicted octanol–water partition coefficient (Wildman–Crippen LogP) is 39.4. The summed E-state index contributed by atoms with van der Waals surface area (Å²) in [5.74, 6) is -9.39. The minimum atomic E-state index is -5.19. The van der Waals surface area contributed by atoms with Crippen LogP contribution in [0.25, 0.3) is 0 Å². The Morgan fingerprint density at radius 1 is 0.280 bits per heavy atom. The molecule has 0 amide bonds. The fourth-order valence-corrected chi connectivity index (χ4v) is 7.89. The van der Waals surface area contributed by atoms with Gasteiger partial charge in [-0.2, -0.15) is 158 Å². The first-order valence-corrected chi connectivity index (χ1v) is 40.6. The average Bonchev–Trinajstić information content (AvgIpc) is 0.796. The van der Waals surface area contributed by atoms with Gasteiger partial charge in [-0.15, -0.1) is 0 Å². The Morgan fingerprint density at radius 3 is 0.788 bits per heavy atom. The summed E-state index contributed by atoms with van der Waals surface area (Å²) >= 11 is 0. The third-order valence-corrected chi connectivity index (χ3v) is 19.0. The molecule has 4 atom stereocenters. The fourth-order valence-electron chi connectivity index (χ4n) is 7.89. The minimum Gasteiger partial charge on any atom is -0.171 e. The van der Waals surface area contributed by atoms with E-state index in [1.54, 1.807) is 83.1 Å². The molecule has 0 fully saturated rings. The summed E-state index contributed by atoms with van der Waals surface area (Å²) in [6.07, 6.45) is -43.6. The van der Waals surface area contributed by atoms with Crippen molar-refractivity contribution in [1.29, 1.82) is 0 Å². The molecule has 0 radical (unpaired) electrons. The summed E-state index contributed by atoms with van der Waals surface area (Å²) in [6, 6.07) is 0. The molecule has 732 valence electrons. The van der Waals surface area contributed by atoms with Crippen LogP contribution in [0.1, 0.15) is 375 Å². The molecule has 0 saturated heterocycles. The highest BCUT2D eigenvalue weighted by molar-refractivity contribution is 4.81. The standard InChI is InChI=1S/2C7H10F6.8C7H13F3.2C6H14/c1-4(2)3-5(6(8,9)10)7(11,12)13;1-2-3-4-5(6(8,9)10)7(11,12)13;1-5(2)6(3,4)7(8,9)10;1-4-6(2,3)5-7(8,9)10;1-4-5-6(2,3)7(8,9)10;1-4-5(2)6(3)7(8,9)10;1-3-4-6(2)5-7(8,9)10;1-3-4-5-6(2)7(8,9)10;1-3-6(4-2)5-7(8,9)10;1-2-3-4-5-6-7(8,9)10;1-5-6(2,3)4;1-4-6(3)5-2/h4-5H,3H2,1-2H3;5H,2-4H2,1H3;5H,1-4H3;2*4-5H2,1-3H3;5-6H,4H2,1-3H3;3*6H,3-5H2,1-2H3;2-6H2,1H3;5H2,1-4H3;6H,4-5H2,1-3H3/t;;;;;5-,6?;;;;;;/m.....0....../s1. The molecule has 0 aromatic rings. The summed E-state index contributed by atoms with van der Waals surface area (Å²) in [5.41, 5.74) is -3.13. The molecule has 0 rings (SSSR count). The molecule has 0 aliphatic rings. The van der Waals surface area contributed by atoms with Gasteiger partial charge in [-0.1, -0.05) is 317 Å². The van der Waals surface area contributed by atoms with Gasteiger partial charge in [-0.05, 0) is 78.4 Å². The molecule has 3 unspecified atom stereocenters. The molecule has 0 aromatic heterocycles. The predicted molar refractivity (Wildman–Crippen MR) is 408 cm³/mol. The van der Waals surface area contributed by atoms with Gasteiger partial charge in [0, 0.05) is 25.7 Å². The minimum absolute atomic E-state index is 0.0658. The Bertz CT molecular complexity index is 2130. The van der Waals surface area contributed by atoms with Gasteiger partial charge in [0.1, 0.15) is 0 Å². The molecule has 0 bridgehead atoms. The first-order chi connectivity index (χ1) is 51.8. The van der Waals surface area contributed by atoms with Gasteiger partial charge in [-0.3, -0.25) is 0 Å². The second-order valence-electron chi connectivity index (χ2n) is 33.6. The molecule has 0 spiro atoms. The summed E-state index contributed by atoms with van der Waals surface area (Å²) in [6.45, 7) is 51.5. The molecular weight excluding hydrogens is 1670 g/mol. The van der Waals surface area contributed by atoms with Gasteiger partial charge in [-0.25, -0.2) is 0 Å². The normalized spacial score (nSPS) is 14.0. The van der Waals surface area contributed by atoms with Crippen molar-refractivity contribution in [3.8, 4) is 0 Å². The number of hydrogen-bond donors (Lipinski definition) is 0. The lowest BCUT2D eigenvalue weighted by Crippen LogP contribution is -2.37. The maximum Gasteiger partial charge on any atom is 0.400 e. The number of rotatable bonds is 27. The quantitative estimate of drug-likeness (QED) is 0.0568. The first kappa shape index (κ1) is 141. The monoisotopic (exact) mass is 1820 g/mol. The van der Waals surface area contributed by atoms with Gasteiger partial charge >= 0.3 is 74.1 Å². The van der Waals surface area contributed by atoms with Gasteiger partial charge in [0.15, 0.2) is 11.8 Å². The zero-order chi connectivity index (χ0) is 98.2. The first-order valence-electron chi connectivity index (χ1n) is 40.6. The van der Waals surface area contributed by atoms with Crippen LogP contribution in [0.15, 0.2) is 0 Å². The van der Waals surface area contributed by atoms with Crippen LogP contribution >= 0.6 is 0 Å². The van der Waals surface area contributed by atoms with Crippen molar-refractivity contribution in [2.75, 3.05) is 0 Å². The highest BCUT2D eigenvalue weighted by Gasteiger charge is 2.57. The van der Waals surface area contributed by atoms with E-state index >= 15 is 0 Å². The molecule has 0 aliphatic carbocycles. The summed E-state index contributed by atoms with van der Waals surface area (Å²) in [5, 5.41) is 0. The van der Waals surface area contributed by atoms with Crippen LogP contribution < -0.4 is 0 Å². The summed E-state index contributed by atoms with van der Waals surface area (Å²) in [7, 11) is 0. The lowest BCUT2D eigenvalue weighted by molar-refractivity contribution is -0.288. The van der Waals surface area contributed by atoms with Crippen LogP contribution in [0, 0.1) is 80.8 Å². The highest BCUT2D eigenvalue weighted by Crippen LogP contribution is 2.46. The lowest BCUT2D eigenvalue weighted by Gasteiger charge is -2.31. The summed E-state index contributed by atoms with van der Waals surface area (Å²) in [4.78, 5) is 0. The maximum absolute atomic E-state index is 12.1. The second-order valence-corrected chi connectivity index (χ2v) is 33.6. The summed E-state index contributed by atoms with van der Waals surface area (Å²) < 4.78 is 425. The number of alkyl halides is 36. The molecule has 0 aromatic carbocycles. The van der Waals surface area contributed by atoms with E-state index in [1.807, 2.05) is 20.8 Å². The number of halogens is 36. The Morgan fingerprint density at radius 2 is 0.636 bits per heavy atom. The van der Waals surface area contributed by atoms with Crippen LogP contribution in [0.5, 0.6) is 0 Å². The van der Waals surface area contributed by atoms with E-state index in [0.29, 0.717) is 63.2 Å². The Balaban J connectivity index is -0.000000104. The van der Waals surface area contributed by atoms with Crippen LogP contribution in [0.3, 0.4) is 0 Å². The maximum atomic E-state index is 12.1. The molecule has 0 N–H and O–H groups in total. The van der Waals surface area contributed by atoms with Crippen LogP contribution in [-0.2, 0) is 0 Å². The third-order valence-electron chi connectivity index (χ3n) is 19.0. The van der Waals surface area contributed by atoms with E-state index in [1.165, 1.54) is 74.7 Å². The van der Waals surface area contributed by atoms with Crippen molar-refractivity contribution in [3.63, 3.8) is 0 Å². The zero-order valence-electron chi connectivity index (χ0n) is 75.8. The van der Waals surface area contributed by atoms with E-state index in [-0.39, 0.29) is 49.4 Å². The fraction of sp³-hybridized carbons (Fsp3) is 1.00. The lowest BCUT2D eigenvalue weighted by atomic mass is 9.81. The molecule has 0 heterocycles. The Labute approximate surface area is 685 Å².